The van der Waals surface area contributed by atoms with Crippen LogP contribution in [0, 0.1) is 17.8 Å². The Labute approximate surface area is 142 Å². The van der Waals surface area contributed by atoms with Crippen molar-refractivity contribution < 1.29 is 9.47 Å². The van der Waals surface area contributed by atoms with Crippen molar-refractivity contribution in [2.45, 2.75) is 53.6 Å². The van der Waals surface area contributed by atoms with Crippen molar-refractivity contribution in [3.8, 4) is 5.75 Å². The molecule has 0 radical (unpaired) electrons. The molecule has 3 atom stereocenters. The molecule has 0 N–H and O–H groups in total. The van der Waals surface area contributed by atoms with Gasteiger partial charge in [-0.2, -0.15) is 0 Å². The van der Waals surface area contributed by atoms with Gasteiger partial charge in [0.2, 0.25) is 0 Å². The molecule has 0 bridgehead atoms. The van der Waals surface area contributed by atoms with E-state index in [1.165, 1.54) is 18.4 Å². The third-order valence-corrected chi connectivity index (χ3v) is 4.11. The van der Waals surface area contributed by atoms with E-state index >= 15 is 0 Å². The maximum Gasteiger partial charge on any atom is 0.118 e. The molecule has 0 aliphatic rings. The van der Waals surface area contributed by atoms with Crippen molar-refractivity contribution >= 4 is 0 Å². The van der Waals surface area contributed by atoms with Gasteiger partial charge >= 0.3 is 0 Å². The molecule has 0 fully saturated rings. The van der Waals surface area contributed by atoms with Crippen LogP contribution >= 0.6 is 0 Å². The largest absolute Gasteiger partial charge is 0.497 e. The fourth-order valence-corrected chi connectivity index (χ4v) is 3.03. The molecule has 1 rings (SSSR count). The molecule has 0 unspecified atom stereocenters. The Kier molecular flexibility index (Phi) is 9.70. The van der Waals surface area contributed by atoms with Crippen LogP contribution in [0.25, 0.3) is 0 Å². The second-order valence-corrected chi connectivity index (χ2v) is 6.86. The zero-order valence-electron chi connectivity index (χ0n) is 15.5. The summed E-state index contributed by atoms with van der Waals surface area (Å²) in [4.78, 5) is 0. The summed E-state index contributed by atoms with van der Waals surface area (Å²) in [6, 6.07) is 8.09. The standard InChI is InChI=1S/C21H34O2/c1-6-7-8-17(2)13-18(3)14-19(4)15-23-16-20-9-11-21(22-5)12-10-20/h7-12,17-19H,6,13-16H2,1-5H3/b8-7+/t17-,18+,19+/m1/s1. The minimum Gasteiger partial charge on any atom is -0.497 e. The lowest BCUT2D eigenvalue weighted by Gasteiger charge is -2.19. The van der Waals surface area contributed by atoms with Crippen molar-refractivity contribution in [1.29, 1.82) is 0 Å². The Bertz CT molecular complexity index is 436. The fourth-order valence-electron chi connectivity index (χ4n) is 3.03. The highest BCUT2D eigenvalue weighted by Gasteiger charge is 2.11. The zero-order chi connectivity index (χ0) is 17.1. The van der Waals surface area contributed by atoms with E-state index in [2.05, 4.69) is 52.0 Å². The number of allylic oxidation sites excluding steroid dienone is 2. The topological polar surface area (TPSA) is 18.5 Å². The SMILES string of the molecule is CC/C=C/[C@@H](C)C[C@H](C)C[C@H](C)COCc1ccc(OC)cc1. The van der Waals surface area contributed by atoms with Crippen LogP contribution in [0.3, 0.4) is 0 Å². The van der Waals surface area contributed by atoms with Crippen LogP contribution in [0.15, 0.2) is 36.4 Å². The Balaban J connectivity index is 2.22. The molecule has 0 aliphatic carbocycles. The molecule has 0 aliphatic heterocycles. The third-order valence-electron chi connectivity index (χ3n) is 4.11. The molecular weight excluding hydrogens is 284 g/mol. The normalized spacial score (nSPS) is 15.5. The minimum absolute atomic E-state index is 0.602. The van der Waals surface area contributed by atoms with Gasteiger partial charge in [0.15, 0.2) is 0 Å². The number of methoxy groups -OCH3 is 1. The Morgan fingerprint density at radius 3 is 2.30 bits per heavy atom. The highest BCUT2D eigenvalue weighted by molar-refractivity contribution is 5.26. The molecule has 23 heavy (non-hydrogen) atoms. The first-order valence-electron chi connectivity index (χ1n) is 8.92. The van der Waals surface area contributed by atoms with Crippen molar-refractivity contribution in [3.05, 3.63) is 42.0 Å². The summed E-state index contributed by atoms with van der Waals surface area (Å²) in [5.41, 5.74) is 1.20. The Hall–Kier alpha value is -1.28. The number of rotatable bonds is 11. The van der Waals surface area contributed by atoms with Crippen LogP contribution in [0.2, 0.25) is 0 Å². The summed E-state index contributed by atoms with van der Waals surface area (Å²) in [5, 5.41) is 0. The average molecular weight is 319 g/mol. The summed E-state index contributed by atoms with van der Waals surface area (Å²) in [6.45, 7) is 10.7. The van der Waals surface area contributed by atoms with Gasteiger partial charge in [0.25, 0.3) is 0 Å². The van der Waals surface area contributed by atoms with Crippen LogP contribution in [-0.2, 0) is 11.3 Å². The molecule has 0 spiro atoms. The molecule has 0 aromatic heterocycles. The van der Waals surface area contributed by atoms with Gasteiger partial charge in [0.1, 0.15) is 5.75 Å². The predicted molar refractivity (Wildman–Crippen MR) is 98.8 cm³/mol. The molecule has 0 heterocycles. The summed E-state index contributed by atoms with van der Waals surface area (Å²) in [6.07, 6.45) is 8.25. The van der Waals surface area contributed by atoms with E-state index in [0.29, 0.717) is 18.4 Å². The van der Waals surface area contributed by atoms with Crippen molar-refractivity contribution in [1.82, 2.24) is 0 Å². The van der Waals surface area contributed by atoms with Gasteiger partial charge in [0.05, 0.1) is 13.7 Å². The quantitative estimate of drug-likeness (QED) is 0.475. The third kappa shape index (κ3) is 8.80. The van der Waals surface area contributed by atoms with Crippen LogP contribution in [0.4, 0.5) is 0 Å². The van der Waals surface area contributed by atoms with Crippen molar-refractivity contribution in [2.75, 3.05) is 13.7 Å². The number of ether oxygens (including phenoxy) is 2. The van der Waals surface area contributed by atoms with E-state index in [9.17, 15) is 0 Å². The summed E-state index contributed by atoms with van der Waals surface area (Å²) in [7, 11) is 1.69. The fraction of sp³-hybridized carbons (Fsp3) is 0.619. The highest BCUT2D eigenvalue weighted by atomic mass is 16.5. The van der Waals surface area contributed by atoms with E-state index in [0.717, 1.165) is 24.7 Å². The second kappa shape index (κ2) is 11.3. The van der Waals surface area contributed by atoms with Gasteiger partial charge in [-0.15, -0.1) is 0 Å². The molecule has 2 heteroatoms. The lowest BCUT2D eigenvalue weighted by molar-refractivity contribution is 0.0838. The number of hydrogen-bond acceptors (Lipinski definition) is 2. The maximum absolute atomic E-state index is 5.87. The van der Waals surface area contributed by atoms with Crippen molar-refractivity contribution in [2.24, 2.45) is 17.8 Å². The van der Waals surface area contributed by atoms with E-state index in [4.69, 9.17) is 9.47 Å². The lowest BCUT2D eigenvalue weighted by atomic mass is 9.89. The van der Waals surface area contributed by atoms with Crippen LogP contribution in [-0.4, -0.2) is 13.7 Å². The zero-order valence-corrected chi connectivity index (χ0v) is 15.5. The first-order valence-corrected chi connectivity index (χ1v) is 8.92. The first-order chi connectivity index (χ1) is 11.0. The average Bonchev–Trinajstić information content (AvgIpc) is 2.53. The smallest absolute Gasteiger partial charge is 0.118 e. The van der Waals surface area contributed by atoms with Crippen molar-refractivity contribution in [3.63, 3.8) is 0 Å². The molecule has 0 amide bonds. The molecule has 0 saturated heterocycles. The Morgan fingerprint density at radius 2 is 1.70 bits per heavy atom. The van der Waals surface area contributed by atoms with Crippen LogP contribution < -0.4 is 4.74 Å². The molecule has 130 valence electrons. The van der Waals surface area contributed by atoms with E-state index in [1.54, 1.807) is 7.11 Å². The molecular formula is C21H34O2. The van der Waals surface area contributed by atoms with Gasteiger partial charge < -0.3 is 9.47 Å². The summed E-state index contributed by atoms with van der Waals surface area (Å²) in [5.74, 6) is 2.91. The molecule has 2 nitrogen and oxygen atoms in total. The maximum atomic E-state index is 5.87. The first kappa shape index (κ1) is 19.8. The second-order valence-electron chi connectivity index (χ2n) is 6.86. The minimum atomic E-state index is 0.602. The number of hydrogen-bond donors (Lipinski definition) is 0. The summed E-state index contributed by atoms with van der Waals surface area (Å²) >= 11 is 0. The van der Waals surface area contributed by atoms with Gasteiger partial charge in [0, 0.05) is 6.61 Å². The summed E-state index contributed by atoms with van der Waals surface area (Å²) < 4.78 is 11.0. The van der Waals surface area contributed by atoms with E-state index < -0.39 is 0 Å². The van der Waals surface area contributed by atoms with E-state index in [-0.39, 0.29) is 0 Å². The molecule has 1 aromatic rings. The van der Waals surface area contributed by atoms with Crippen LogP contribution in [0.1, 0.15) is 52.5 Å². The van der Waals surface area contributed by atoms with Gasteiger partial charge in [-0.1, -0.05) is 52.0 Å². The van der Waals surface area contributed by atoms with E-state index in [1.807, 2.05) is 12.1 Å². The van der Waals surface area contributed by atoms with Gasteiger partial charge in [-0.25, -0.2) is 0 Å². The monoisotopic (exact) mass is 318 g/mol. The molecule has 0 saturated carbocycles. The van der Waals surface area contributed by atoms with Crippen LogP contribution in [0.5, 0.6) is 5.75 Å². The lowest BCUT2D eigenvalue weighted by Crippen LogP contribution is -2.12. The predicted octanol–water partition coefficient (Wildman–Crippen LogP) is 5.87. The van der Waals surface area contributed by atoms with Gasteiger partial charge in [-0.3, -0.25) is 0 Å². The number of benzene rings is 1. The molecule has 1 aromatic carbocycles. The Morgan fingerprint density at radius 1 is 1.00 bits per heavy atom. The van der Waals surface area contributed by atoms with Gasteiger partial charge in [-0.05, 0) is 54.7 Å². The highest BCUT2D eigenvalue weighted by Crippen LogP contribution is 2.21.